The number of sulfonamides is 1. The SMILES string of the molecule is Cc1c(Br)cc(CN)cc1S(=O)(=O)Nc1ccc(I)cc1. The zero-order chi connectivity index (χ0) is 15.6. The van der Waals surface area contributed by atoms with Crippen LogP contribution in [0, 0.1) is 10.5 Å². The first-order chi connectivity index (χ1) is 9.83. The maximum Gasteiger partial charge on any atom is 0.262 e. The summed E-state index contributed by atoms with van der Waals surface area (Å²) >= 11 is 5.54. The number of anilines is 1. The largest absolute Gasteiger partial charge is 0.326 e. The second-order valence-corrected chi connectivity index (χ2v) is 8.27. The molecule has 2 rings (SSSR count). The second-order valence-electron chi connectivity index (χ2n) is 4.52. The molecule has 0 aliphatic heterocycles. The Morgan fingerprint density at radius 1 is 1.24 bits per heavy atom. The predicted molar refractivity (Wildman–Crippen MR) is 96.7 cm³/mol. The monoisotopic (exact) mass is 480 g/mol. The Morgan fingerprint density at radius 3 is 2.43 bits per heavy atom. The summed E-state index contributed by atoms with van der Waals surface area (Å²) in [4.78, 5) is 0.232. The van der Waals surface area contributed by atoms with E-state index >= 15 is 0 Å². The number of rotatable bonds is 4. The molecule has 0 saturated carbocycles. The molecule has 2 aromatic rings. The van der Waals surface area contributed by atoms with Gasteiger partial charge in [-0.15, -0.1) is 0 Å². The van der Waals surface area contributed by atoms with Crippen molar-refractivity contribution in [1.82, 2.24) is 0 Å². The van der Waals surface area contributed by atoms with Crippen molar-refractivity contribution in [3.63, 3.8) is 0 Å². The molecule has 0 aliphatic rings. The zero-order valence-corrected chi connectivity index (χ0v) is 15.8. The van der Waals surface area contributed by atoms with Crippen molar-refractivity contribution >= 4 is 54.2 Å². The van der Waals surface area contributed by atoms with Crippen LogP contribution in [0.5, 0.6) is 0 Å². The fourth-order valence-corrected chi connectivity index (χ4v) is 4.21. The molecule has 0 bridgehead atoms. The molecule has 0 spiro atoms. The number of halogens is 2. The molecule has 0 radical (unpaired) electrons. The minimum atomic E-state index is -3.65. The van der Waals surface area contributed by atoms with E-state index in [4.69, 9.17) is 5.73 Å². The van der Waals surface area contributed by atoms with E-state index < -0.39 is 10.0 Å². The van der Waals surface area contributed by atoms with E-state index in [1.165, 1.54) is 0 Å². The highest BCUT2D eigenvalue weighted by Gasteiger charge is 2.19. The molecular weight excluding hydrogens is 467 g/mol. The maximum absolute atomic E-state index is 12.6. The van der Waals surface area contributed by atoms with Crippen molar-refractivity contribution in [3.8, 4) is 0 Å². The van der Waals surface area contributed by atoms with Gasteiger partial charge < -0.3 is 5.73 Å². The first-order valence-electron chi connectivity index (χ1n) is 6.11. The van der Waals surface area contributed by atoms with Gasteiger partial charge >= 0.3 is 0 Å². The molecule has 7 heteroatoms. The zero-order valence-electron chi connectivity index (χ0n) is 11.2. The molecule has 0 fully saturated rings. The number of nitrogens with two attached hydrogens (primary N) is 1. The van der Waals surface area contributed by atoms with Gasteiger partial charge in [-0.1, -0.05) is 15.9 Å². The van der Waals surface area contributed by atoms with E-state index in [0.29, 0.717) is 11.3 Å². The van der Waals surface area contributed by atoms with Gasteiger partial charge in [-0.2, -0.15) is 0 Å². The quantitative estimate of drug-likeness (QED) is 0.656. The van der Waals surface area contributed by atoms with Gasteiger partial charge in [0.25, 0.3) is 10.0 Å². The lowest BCUT2D eigenvalue weighted by Crippen LogP contribution is -2.15. The lowest BCUT2D eigenvalue weighted by atomic mass is 10.1. The molecule has 0 heterocycles. The van der Waals surface area contributed by atoms with Crippen LogP contribution in [-0.4, -0.2) is 8.42 Å². The van der Waals surface area contributed by atoms with E-state index in [-0.39, 0.29) is 11.4 Å². The second kappa shape index (κ2) is 6.64. The van der Waals surface area contributed by atoms with Gasteiger partial charge in [0, 0.05) is 20.3 Å². The van der Waals surface area contributed by atoms with Crippen molar-refractivity contribution in [3.05, 3.63) is 55.6 Å². The van der Waals surface area contributed by atoms with Gasteiger partial charge in [-0.3, -0.25) is 4.72 Å². The predicted octanol–water partition coefficient (Wildman–Crippen LogP) is 3.62. The Kier molecular flexibility index (Phi) is 5.29. The minimum Gasteiger partial charge on any atom is -0.326 e. The standard InChI is InChI=1S/C14H14BrIN2O2S/c1-9-13(15)6-10(8-17)7-14(9)21(19,20)18-12-4-2-11(16)3-5-12/h2-7,18H,8,17H2,1H3. The van der Waals surface area contributed by atoms with Crippen molar-refractivity contribution < 1.29 is 8.42 Å². The van der Waals surface area contributed by atoms with Crippen LogP contribution in [0.1, 0.15) is 11.1 Å². The summed E-state index contributed by atoms with van der Waals surface area (Å²) in [5.41, 5.74) is 7.56. The third-order valence-electron chi connectivity index (χ3n) is 2.98. The Hall–Kier alpha value is -0.640. The van der Waals surface area contributed by atoms with Gasteiger partial charge in [-0.05, 0) is 77.0 Å². The van der Waals surface area contributed by atoms with E-state index in [1.807, 2.05) is 18.2 Å². The van der Waals surface area contributed by atoms with Gasteiger partial charge in [0.15, 0.2) is 0 Å². The molecule has 0 amide bonds. The number of benzene rings is 2. The summed E-state index contributed by atoms with van der Waals surface area (Å²) in [7, 11) is -3.65. The van der Waals surface area contributed by atoms with Crippen molar-refractivity contribution in [2.45, 2.75) is 18.4 Å². The van der Waals surface area contributed by atoms with Crippen molar-refractivity contribution in [2.24, 2.45) is 5.73 Å². The van der Waals surface area contributed by atoms with Gasteiger partial charge in [0.05, 0.1) is 4.90 Å². The molecule has 2 aromatic carbocycles. The fourth-order valence-electron chi connectivity index (χ4n) is 1.83. The van der Waals surface area contributed by atoms with Crippen molar-refractivity contribution in [2.75, 3.05) is 4.72 Å². The van der Waals surface area contributed by atoms with E-state index in [0.717, 1.165) is 13.6 Å². The van der Waals surface area contributed by atoms with E-state index in [1.54, 1.807) is 25.1 Å². The maximum atomic E-state index is 12.6. The van der Waals surface area contributed by atoms with E-state index in [9.17, 15) is 8.42 Å². The number of hydrogen-bond donors (Lipinski definition) is 2. The first-order valence-corrected chi connectivity index (χ1v) is 9.46. The molecule has 0 atom stereocenters. The summed E-state index contributed by atoms with van der Waals surface area (Å²) in [6, 6.07) is 10.6. The van der Waals surface area contributed by atoms with Crippen LogP contribution < -0.4 is 10.5 Å². The van der Waals surface area contributed by atoms with Gasteiger partial charge in [0.2, 0.25) is 0 Å². The lowest BCUT2D eigenvalue weighted by molar-refractivity contribution is 0.600. The van der Waals surface area contributed by atoms with Crippen LogP contribution in [0.4, 0.5) is 5.69 Å². The highest BCUT2D eigenvalue weighted by Crippen LogP contribution is 2.27. The van der Waals surface area contributed by atoms with Crippen LogP contribution >= 0.6 is 38.5 Å². The summed E-state index contributed by atoms with van der Waals surface area (Å²) < 4.78 is 29.5. The number of nitrogens with one attached hydrogen (secondary N) is 1. The van der Waals surface area contributed by atoms with Gasteiger partial charge in [-0.25, -0.2) is 8.42 Å². The molecule has 21 heavy (non-hydrogen) atoms. The molecule has 4 nitrogen and oxygen atoms in total. The summed E-state index contributed by atoms with van der Waals surface area (Å²) in [5.74, 6) is 0. The van der Waals surface area contributed by atoms with Crippen LogP contribution in [0.2, 0.25) is 0 Å². The molecule has 0 aliphatic carbocycles. The minimum absolute atomic E-state index is 0.232. The summed E-state index contributed by atoms with van der Waals surface area (Å²) in [5, 5.41) is 0. The van der Waals surface area contributed by atoms with Crippen LogP contribution in [-0.2, 0) is 16.6 Å². The normalized spacial score (nSPS) is 11.4. The van der Waals surface area contributed by atoms with Crippen LogP contribution in [0.15, 0.2) is 45.8 Å². The molecule has 3 N–H and O–H groups in total. The van der Waals surface area contributed by atoms with Crippen LogP contribution in [0.25, 0.3) is 0 Å². The Morgan fingerprint density at radius 2 is 1.86 bits per heavy atom. The Bertz CT molecular complexity index is 761. The Balaban J connectivity index is 2.44. The lowest BCUT2D eigenvalue weighted by Gasteiger charge is -2.13. The molecule has 0 aromatic heterocycles. The summed E-state index contributed by atoms with van der Waals surface area (Å²) in [6.07, 6.45) is 0. The first kappa shape index (κ1) is 16.7. The third-order valence-corrected chi connectivity index (χ3v) is 6.03. The highest BCUT2D eigenvalue weighted by atomic mass is 127. The Labute approximate surface area is 146 Å². The summed E-state index contributed by atoms with van der Waals surface area (Å²) in [6.45, 7) is 2.04. The average Bonchev–Trinajstić information content (AvgIpc) is 2.43. The molecular formula is C14H14BrIN2O2S. The highest BCUT2D eigenvalue weighted by molar-refractivity contribution is 14.1. The third kappa shape index (κ3) is 3.97. The molecule has 0 saturated heterocycles. The van der Waals surface area contributed by atoms with E-state index in [2.05, 4.69) is 43.2 Å². The van der Waals surface area contributed by atoms with Gasteiger partial charge in [0.1, 0.15) is 0 Å². The molecule has 112 valence electrons. The number of hydrogen-bond acceptors (Lipinski definition) is 3. The van der Waals surface area contributed by atoms with Crippen LogP contribution in [0.3, 0.4) is 0 Å². The molecule has 0 unspecified atom stereocenters. The fraction of sp³-hybridized carbons (Fsp3) is 0.143. The smallest absolute Gasteiger partial charge is 0.262 e. The van der Waals surface area contributed by atoms with Crippen molar-refractivity contribution in [1.29, 1.82) is 0 Å². The topological polar surface area (TPSA) is 72.2 Å². The average molecular weight is 481 g/mol.